The summed E-state index contributed by atoms with van der Waals surface area (Å²) in [6.07, 6.45) is 0.225. The van der Waals surface area contributed by atoms with Gasteiger partial charge < -0.3 is 14.5 Å². The SMILES string of the molecule is CCOc1ccccc1N1CC(C(=O)N(CC)c2ccccc2)CC1=O. The highest BCUT2D eigenvalue weighted by molar-refractivity contribution is 6.05. The van der Waals surface area contributed by atoms with Crippen molar-refractivity contribution in [3.8, 4) is 5.75 Å². The molecule has 5 heteroatoms. The van der Waals surface area contributed by atoms with E-state index >= 15 is 0 Å². The lowest BCUT2D eigenvalue weighted by molar-refractivity contribution is -0.124. The molecule has 1 saturated heterocycles. The molecule has 26 heavy (non-hydrogen) atoms. The van der Waals surface area contributed by atoms with E-state index in [2.05, 4.69) is 0 Å². The molecule has 1 aliphatic heterocycles. The standard InChI is InChI=1S/C21H24N2O3/c1-3-22(17-10-6-5-7-11-17)21(25)16-14-20(24)23(15-16)18-12-8-9-13-19(18)26-4-2/h5-13,16H,3-4,14-15H2,1-2H3. The number of nitrogens with zero attached hydrogens (tertiary/aromatic N) is 2. The predicted octanol–water partition coefficient (Wildman–Crippen LogP) is 3.49. The van der Waals surface area contributed by atoms with Crippen LogP contribution in [0, 0.1) is 5.92 Å². The van der Waals surface area contributed by atoms with Gasteiger partial charge in [-0.05, 0) is 38.1 Å². The zero-order valence-electron chi connectivity index (χ0n) is 15.2. The van der Waals surface area contributed by atoms with Gasteiger partial charge in [-0.2, -0.15) is 0 Å². The molecule has 0 spiro atoms. The Morgan fingerprint density at radius 1 is 1.12 bits per heavy atom. The van der Waals surface area contributed by atoms with Gasteiger partial charge in [-0.25, -0.2) is 0 Å². The van der Waals surface area contributed by atoms with Crippen LogP contribution in [0.15, 0.2) is 54.6 Å². The monoisotopic (exact) mass is 352 g/mol. The first-order valence-electron chi connectivity index (χ1n) is 9.04. The van der Waals surface area contributed by atoms with Crippen molar-refractivity contribution >= 4 is 23.2 Å². The van der Waals surface area contributed by atoms with Gasteiger partial charge in [0.15, 0.2) is 0 Å². The van der Waals surface area contributed by atoms with Gasteiger partial charge in [-0.3, -0.25) is 9.59 Å². The molecule has 2 aromatic rings. The molecule has 2 amide bonds. The molecular formula is C21H24N2O3. The maximum absolute atomic E-state index is 13.0. The second-order valence-corrected chi connectivity index (χ2v) is 6.22. The Labute approximate surface area is 154 Å². The first-order chi connectivity index (χ1) is 12.7. The molecule has 0 radical (unpaired) electrons. The van der Waals surface area contributed by atoms with E-state index in [0.717, 1.165) is 11.4 Å². The highest BCUT2D eigenvalue weighted by Gasteiger charge is 2.38. The van der Waals surface area contributed by atoms with Crippen molar-refractivity contribution in [2.75, 3.05) is 29.5 Å². The predicted molar refractivity (Wildman–Crippen MR) is 103 cm³/mol. The zero-order chi connectivity index (χ0) is 18.5. The fourth-order valence-corrected chi connectivity index (χ4v) is 3.36. The second kappa shape index (κ2) is 8.04. The highest BCUT2D eigenvalue weighted by Crippen LogP contribution is 2.34. The van der Waals surface area contributed by atoms with Crippen molar-refractivity contribution < 1.29 is 14.3 Å². The summed E-state index contributed by atoms with van der Waals surface area (Å²) in [5.41, 5.74) is 1.60. The average molecular weight is 352 g/mol. The van der Waals surface area contributed by atoms with E-state index in [-0.39, 0.29) is 24.2 Å². The Bertz CT molecular complexity index is 776. The number of ether oxygens (including phenoxy) is 1. The molecule has 3 rings (SSSR count). The van der Waals surface area contributed by atoms with Gasteiger partial charge in [0.2, 0.25) is 11.8 Å². The Balaban J connectivity index is 1.80. The Morgan fingerprint density at radius 2 is 1.81 bits per heavy atom. The summed E-state index contributed by atoms with van der Waals surface area (Å²) in [6, 6.07) is 17.1. The lowest BCUT2D eigenvalue weighted by atomic mass is 10.1. The van der Waals surface area contributed by atoms with E-state index in [1.54, 1.807) is 9.80 Å². The van der Waals surface area contributed by atoms with Gasteiger partial charge in [0, 0.05) is 25.2 Å². The van der Waals surface area contributed by atoms with Crippen LogP contribution in [0.5, 0.6) is 5.75 Å². The number of para-hydroxylation sites is 3. The van der Waals surface area contributed by atoms with E-state index in [1.807, 2.05) is 68.4 Å². The molecule has 136 valence electrons. The van der Waals surface area contributed by atoms with Crippen LogP contribution in [0.25, 0.3) is 0 Å². The van der Waals surface area contributed by atoms with Crippen molar-refractivity contribution in [1.29, 1.82) is 0 Å². The van der Waals surface area contributed by atoms with Crippen molar-refractivity contribution in [2.45, 2.75) is 20.3 Å². The third-order valence-electron chi connectivity index (χ3n) is 4.58. The minimum atomic E-state index is -0.350. The summed E-state index contributed by atoms with van der Waals surface area (Å²) in [5, 5.41) is 0. The molecule has 0 saturated carbocycles. The van der Waals surface area contributed by atoms with Gasteiger partial charge in [0.1, 0.15) is 5.75 Å². The molecule has 1 heterocycles. The molecule has 1 aliphatic rings. The molecule has 2 aromatic carbocycles. The molecular weight excluding hydrogens is 328 g/mol. The number of hydrogen-bond donors (Lipinski definition) is 0. The first-order valence-corrected chi connectivity index (χ1v) is 9.04. The summed E-state index contributed by atoms with van der Waals surface area (Å²) in [7, 11) is 0. The summed E-state index contributed by atoms with van der Waals surface area (Å²) in [4.78, 5) is 29.0. The smallest absolute Gasteiger partial charge is 0.232 e. The molecule has 0 aromatic heterocycles. The van der Waals surface area contributed by atoms with E-state index in [0.29, 0.717) is 25.4 Å². The van der Waals surface area contributed by atoms with Crippen molar-refractivity contribution in [2.24, 2.45) is 5.92 Å². The van der Waals surface area contributed by atoms with E-state index in [1.165, 1.54) is 0 Å². The zero-order valence-corrected chi connectivity index (χ0v) is 15.2. The fraction of sp³-hybridized carbons (Fsp3) is 0.333. The summed E-state index contributed by atoms with van der Waals surface area (Å²) in [5.74, 6) is 0.271. The minimum absolute atomic E-state index is 0.0107. The lowest BCUT2D eigenvalue weighted by Gasteiger charge is -2.24. The third kappa shape index (κ3) is 3.57. The van der Waals surface area contributed by atoms with Crippen LogP contribution >= 0.6 is 0 Å². The van der Waals surface area contributed by atoms with Crippen LogP contribution in [0.3, 0.4) is 0 Å². The van der Waals surface area contributed by atoms with Crippen LogP contribution in [0.4, 0.5) is 11.4 Å². The quantitative estimate of drug-likeness (QED) is 0.800. The molecule has 1 unspecified atom stereocenters. The molecule has 0 N–H and O–H groups in total. The van der Waals surface area contributed by atoms with Crippen molar-refractivity contribution in [3.63, 3.8) is 0 Å². The largest absolute Gasteiger partial charge is 0.492 e. The van der Waals surface area contributed by atoms with Crippen LogP contribution in [0.1, 0.15) is 20.3 Å². The van der Waals surface area contributed by atoms with Gasteiger partial charge in [0.25, 0.3) is 0 Å². The summed E-state index contributed by atoms with van der Waals surface area (Å²) >= 11 is 0. The van der Waals surface area contributed by atoms with Crippen molar-refractivity contribution in [1.82, 2.24) is 0 Å². The highest BCUT2D eigenvalue weighted by atomic mass is 16.5. The van der Waals surface area contributed by atoms with E-state index < -0.39 is 0 Å². The molecule has 0 bridgehead atoms. The lowest BCUT2D eigenvalue weighted by Crippen LogP contribution is -2.37. The number of carbonyl (C=O) groups excluding carboxylic acids is 2. The summed E-state index contributed by atoms with van der Waals surface area (Å²) in [6.45, 7) is 5.34. The maximum atomic E-state index is 13.0. The number of benzene rings is 2. The maximum Gasteiger partial charge on any atom is 0.232 e. The van der Waals surface area contributed by atoms with Crippen molar-refractivity contribution in [3.05, 3.63) is 54.6 Å². The Morgan fingerprint density at radius 3 is 2.50 bits per heavy atom. The van der Waals surface area contributed by atoms with Gasteiger partial charge in [-0.1, -0.05) is 30.3 Å². The van der Waals surface area contributed by atoms with E-state index in [9.17, 15) is 9.59 Å². The van der Waals surface area contributed by atoms with E-state index in [4.69, 9.17) is 4.74 Å². The summed E-state index contributed by atoms with van der Waals surface area (Å²) < 4.78 is 5.64. The first kappa shape index (κ1) is 18.0. The number of hydrogen-bond acceptors (Lipinski definition) is 3. The molecule has 5 nitrogen and oxygen atoms in total. The fourth-order valence-electron chi connectivity index (χ4n) is 3.36. The number of anilines is 2. The van der Waals surface area contributed by atoms with Gasteiger partial charge >= 0.3 is 0 Å². The van der Waals surface area contributed by atoms with Gasteiger partial charge in [-0.15, -0.1) is 0 Å². The van der Waals surface area contributed by atoms with Crippen LogP contribution in [-0.2, 0) is 9.59 Å². The third-order valence-corrected chi connectivity index (χ3v) is 4.58. The Kier molecular flexibility index (Phi) is 5.56. The van der Waals surface area contributed by atoms with Crippen LogP contribution in [-0.4, -0.2) is 31.5 Å². The molecule has 1 fully saturated rings. The number of amides is 2. The topological polar surface area (TPSA) is 49.9 Å². The van der Waals surface area contributed by atoms with Crippen LogP contribution in [0.2, 0.25) is 0 Å². The normalized spacial score (nSPS) is 16.6. The van der Waals surface area contributed by atoms with Gasteiger partial charge in [0.05, 0.1) is 18.2 Å². The second-order valence-electron chi connectivity index (χ2n) is 6.22. The Hall–Kier alpha value is -2.82. The minimum Gasteiger partial charge on any atom is -0.492 e. The number of rotatable bonds is 6. The number of carbonyl (C=O) groups is 2. The molecule has 1 atom stereocenters. The average Bonchev–Trinajstić information content (AvgIpc) is 3.05. The van der Waals surface area contributed by atoms with Crippen LogP contribution < -0.4 is 14.5 Å². The molecule has 0 aliphatic carbocycles.